The maximum absolute atomic E-state index is 5.16. The summed E-state index contributed by atoms with van der Waals surface area (Å²) in [6, 6.07) is 8.39. The normalized spacial score (nSPS) is 16.7. The van der Waals surface area contributed by atoms with Crippen LogP contribution in [0.2, 0.25) is 5.32 Å². The van der Waals surface area contributed by atoms with Gasteiger partial charge in [0.25, 0.3) is 0 Å². The third-order valence-corrected chi connectivity index (χ3v) is 4.68. The van der Waals surface area contributed by atoms with Gasteiger partial charge < -0.3 is 0 Å². The molecule has 0 radical (unpaired) electrons. The predicted molar refractivity (Wildman–Crippen MR) is 70.8 cm³/mol. The van der Waals surface area contributed by atoms with Crippen LogP contribution < -0.4 is 21.2 Å². The van der Waals surface area contributed by atoms with Gasteiger partial charge in [-0.1, -0.05) is 0 Å². The topological polar surface area (TPSA) is 62.4 Å². The summed E-state index contributed by atoms with van der Waals surface area (Å²) in [7, 11) is 0. The number of hydrogen-bond acceptors (Lipinski definition) is 3. The fourth-order valence-corrected chi connectivity index (χ4v) is 3.70. The summed E-state index contributed by atoms with van der Waals surface area (Å²) < 4.78 is 1.41. The van der Waals surface area contributed by atoms with Gasteiger partial charge in [-0.05, 0) is 0 Å². The molecule has 16 heavy (non-hydrogen) atoms. The number of rotatable bonds is 1. The van der Waals surface area contributed by atoms with E-state index in [4.69, 9.17) is 18.1 Å². The molecule has 1 aliphatic rings. The van der Waals surface area contributed by atoms with Gasteiger partial charge in [-0.15, -0.1) is 0 Å². The predicted octanol–water partition coefficient (Wildman–Crippen LogP) is -0.120. The Hall–Kier alpha value is -0.941. The molecule has 0 atom stereocenters. The van der Waals surface area contributed by atoms with Crippen molar-refractivity contribution in [1.29, 1.82) is 0 Å². The standard InChI is InChI=1S/C10H12N4SSe/c11-12-10(15)14-13-8-5-6-16-9-4-2-1-3-7(8)9/h1-4H,5-6,11H2,(H2,12,14,15)/b13-8+. The van der Waals surface area contributed by atoms with Crippen molar-refractivity contribution in [1.82, 2.24) is 10.9 Å². The first-order chi connectivity index (χ1) is 7.81. The molecule has 0 aromatic heterocycles. The van der Waals surface area contributed by atoms with Gasteiger partial charge in [0.05, 0.1) is 0 Å². The van der Waals surface area contributed by atoms with Crippen LogP contribution in [0, 0.1) is 0 Å². The molecule has 6 heteroatoms. The number of thiocarbonyl (C=S) groups is 1. The first-order valence-electron chi connectivity index (χ1n) is 4.86. The maximum atomic E-state index is 5.16. The molecule has 0 unspecified atom stereocenters. The number of hydrazone groups is 1. The third-order valence-electron chi connectivity index (χ3n) is 2.22. The zero-order chi connectivity index (χ0) is 11.4. The number of nitrogens with zero attached hydrogens (tertiary/aromatic N) is 1. The second-order valence-electron chi connectivity index (χ2n) is 3.24. The number of fused-ring (bicyclic) bond motifs is 1. The zero-order valence-corrected chi connectivity index (χ0v) is 11.1. The van der Waals surface area contributed by atoms with Gasteiger partial charge in [0.15, 0.2) is 0 Å². The first kappa shape index (κ1) is 11.5. The SMILES string of the molecule is NNC(=S)N/N=C1\CC[Se]c2ccccc21. The van der Waals surface area contributed by atoms with Crippen LogP contribution in [0.4, 0.5) is 0 Å². The van der Waals surface area contributed by atoms with Gasteiger partial charge in [0.1, 0.15) is 0 Å². The van der Waals surface area contributed by atoms with Crippen LogP contribution in [0.15, 0.2) is 29.4 Å². The van der Waals surface area contributed by atoms with Gasteiger partial charge in [-0.2, -0.15) is 0 Å². The van der Waals surface area contributed by atoms with Crippen molar-refractivity contribution in [3.8, 4) is 0 Å². The van der Waals surface area contributed by atoms with E-state index in [9.17, 15) is 0 Å². The molecule has 0 fully saturated rings. The van der Waals surface area contributed by atoms with E-state index >= 15 is 0 Å². The molecular weight excluding hydrogens is 287 g/mol. The van der Waals surface area contributed by atoms with Gasteiger partial charge in [0.2, 0.25) is 0 Å². The van der Waals surface area contributed by atoms with Crippen molar-refractivity contribution < 1.29 is 0 Å². The molecule has 1 aromatic rings. The van der Waals surface area contributed by atoms with Crippen LogP contribution in [0.1, 0.15) is 12.0 Å². The number of nitrogens with two attached hydrogens (primary N) is 1. The van der Waals surface area contributed by atoms with Crippen molar-refractivity contribution in [3.05, 3.63) is 29.8 Å². The van der Waals surface area contributed by atoms with E-state index in [-0.39, 0.29) is 0 Å². The zero-order valence-electron chi connectivity index (χ0n) is 8.56. The second-order valence-corrected chi connectivity index (χ2v) is 6.03. The first-order valence-corrected chi connectivity index (χ1v) is 7.34. The monoisotopic (exact) mass is 300 g/mol. The summed E-state index contributed by atoms with van der Waals surface area (Å²) in [4.78, 5) is 0. The number of benzene rings is 1. The summed E-state index contributed by atoms with van der Waals surface area (Å²) in [6.45, 7) is 0. The molecule has 4 N–H and O–H groups in total. The molecule has 0 saturated heterocycles. The Kier molecular flexibility index (Phi) is 3.90. The van der Waals surface area contributed by atoms with Gasteiger partial charge in [-0.25, -0.2) is 0 Å². The Balaban J connectivity index is 2.21. The summed E-state index contributed by atoms with van der Waals surface area (Å²) >= 11 is 5.44. The van der Waals surface area contributed by atoms with Crippen molar-refractivity contribution in [2.45, 2.75) is 11.7 Å². The molecule has 0 aliphatic carbocycles. The Labute approximate surface area is 106 Å². The van der Waals surface area contributed by atoms with E-state index in [1.54, 1.807) is 0 Å². The van der Waals surface area contributed by atoms with Crippen LogP contribution in [0.5, 0.6) is 0 Å². The Morgan fingerprint density at radius 3 is 3.06 bits per heavy atom. The molecule has 1 aromatic carbocycles. The summed E-state index contributed by atoms with van der Waals surface area (Å²) in [5, 5.41) is 5.81. The molecule has 0 saturated carbocycles. The quantitative estimate of drug-likeness (QED) is 0.293. The van der Waals surface area contributed by atoms with Crippen LogP contribution in [-0.4, -0.2) is 25.8 Å². The van der Waals surface area contributed by atoms with Crippen molar-refractivity contribution in [3.63, 3.8) is 0 Å². The molecule has 1 aliphatic heterocycles. The van der Waals surface area contributed by atoms with E-state index in [0.29, 0.717) is 20.1 Å². The van der Waals surface area contributed by atoms with Crippen LogP contribution >= 0.6 is 12.2 Å². The average Bonchev–Trinajstić information content (AvgIpc) is 2.35. The minimum absolute atomic E-state index is 0.334. The van der Waals surface area contributed by atoms with Crippen molar-refractivity contribution >= 4 is 42.5 Å². The van der Waals surface area contributed by atoms with Crippen LogP contribution in [-0.2, 0) is 0 Å². The van der Waals surface area contributed by atoms with E-state index in [0.717, 1.165) is 12.1 Å². The Morgan fingerprint density at radius 1 is 1.44 bits per heavy atom. The fraction of sp³-hybridized carbons (Fsp3) is 0.200. The summed E-state index contributed by atoms with van der Waals surface area (Å²) in [6.07, 6.45) is 0.997. The second kappa shape index (κ2) is 5.41. The van der Waals surface area contributed by atoms with Gasteiger partial charge >= 0.3 is 106 Å². The molecule has 0 bridgehead atoms. The Morgan fingerprint density at radius 2 is 2.25 bits per heavy atom. The summed E-state index contributed by atoms with van der Waals surface area (Å²) in [5.74, 6) is 5.16. The van der Waals surface area contributed by atoms with E-state index in [1.165, 1.54) is 15.3 Å². The average molecular weight is 299 g/mol. The van der Waals surface area contributed by atoms with Crippen LogP contribution in [0.3, 0.4) is 0 Å². The van der Waals surface area contributed by atoms with E-state index < -0.39 is 0 Å². The van der Waals surface area contributed by atoms with Crippen LogP contribution in [0.25, 0.3) is 0 Å². The third kappa shape index (κ3) is 2.59. The molecule has 2 rings (SSSR count). The molecular formula is C10H12N4SSe. The van der Waals surface area contributed by atoms with Gasteiger partial charge in [0, 0.05) is 0 Å². The number of nitrogens with one attached hydrogen (secondary N) is 2. The van der Waals surface area contributed by atoms with Crippen molar-refractivity contribution in [2.75, 3.05) is 0 Å². The molecule has 4 nitrogen and oxygen atoms in total. The number of hydrazine groups is 1. The Bertz CT molecular complexity index is 433. The summed E-state index contributed by atoms with van der Waals surface area (Å²) in [5.41, 5.74) is 7.37. The van der Waals surface area contributed by atoms with Crippen molar-refractivity contribution in [2.24, 2.45) is 10.9 Å². The number of hydrogen-bond donors (Lipinski definition) is 3. The molecule has 1 heterocycles. The molecule has 84 valence electrons. The fourth-order valence-electron chi connectivity index (χ4n) is 1.49. The minimum atomic E-state index is 0.334. The van der Waals surface area contributed by atoms with E-state index in [2.05, 4.69) is 34.2 Å². The molecule has 0 spiro atoms. The van der Waals surface area contributed by atoms with Gasteiger partial charge in [-0.3, -0.25) is 0 Å². The van der Waals surface area contributed by atoms with E-state index in [1.807, 2.05) is 6.07 Å². The molecule has 0 amide bonds.